The molecular formula is C8H7NO. The fraction of sp³-hybridized carbons (Fsp3) is 0. The van der Waals surface area contributed by atoms with Crippen molar-refractivity contribution in [3.05, 3.63) is 48.2 Å². The molecule has 2 heterocycles. The molecule has 2 aliphatic heterocycles. The van der Waals surface area contributed by atoms with E-state index in [0.29, 0.717) is 0 Å². The minimum absolute atomic E-state index is 1.02. The van der Waals surface area contributed by atoms with Gasteiger partial charge < -0.3 is 10.1 Å². The van der Waals surface area contributed by atoms with Gasteiger partial charge in [0.05, 0.1) is 12.0 Å². The van der Waals surface area contributed by atoms with Crippen LogP contribution in [0.4, 0.5) is 0 Å². The van der Waals surface area contributed by atoms with E-state index in [9.17, 15) is 0 Å². The summed E-state index contributed by atoms with van der Waals surface area (Å²) in [5.41, 5.74) is 2.18. The van der Waals surface area contributed by atoms with E-state index in [1.807, 2.05) is 24.4 Å². The molecule has 2 rings (SSSR count). The molecule has 0 aromatic carbocycles. The molecule has 0 atom stereocenters. The summed E-state index contributed by atoms with van der Waals surface area (Å²) in [5, 5.41) is 3.06. The highest BCUT2D eigenvalue weighted by atomic mass is 16.5. The Bertz CT molecular complexity index is 258. The van der Waals surface area contributed by atoms with Crippen LogP contribution in [0, 0.1) is 0 Å². The highest BCUT2D eigenvalue weighted by molar-refractivity contribution is 5.44. The molecule has 0 radical (unpaired) electrons. The van der Waals surface area contributed by atoms with Gasteiger partial charge in [0, 0.05) is 11.8 Å². The summed E-state index contributed by atoms with van der Waals surface area (Å²) in [6, 6.07) is 0. The first kappa shape index (κ1) is 5.35. The minimum Gasteiger partial charge on any atom is -0.470 e. The molecule has 10 heavy (non-hydrogen) atoms. The van der Waals surface area contributed by atoms with Crippen molar-refractivity contribution in [3.8, 4) is 0 Å². The highest BCUT2D eigenvalue weighted by Gasteiger charge is 2.05. The van der Waals surface area contributed by atoms with Crippen LogP contribution < -0.4 is 5.32 Å². The third kappa shape index (κ3) is 0.739. The Morgan fingerprint density at radius 2 is 2.40 bits per heavy atom. The maximum Gasteiger partial charge on any atom is 0.114 e. The number of fused-ring (bicyclic) bond motifs is 1. The van der Waals surface area contributed by atoms with Crippen molar-refractivity contribution in [2.45, 2.75) is 0 Å². The zero-order valence-electron chi connectivity index (χ0n) is 5.37. The quantitative estimate of drug-likeness (QED) is 0.539. The van der Waals surface area contributed by atoms with Gasteiger partial charge in [0.15, 0.2) is 0 Å². The third-order valence-corrected chi connectivity index (χ3v) is 1.43. The first-order valence-electron chi connectivity index (χ1n) is 3.13. The molecule has 0 saturated carbocycles. The highest BCUT2D eigenvalue weighted by Crippen LogP contribution is 2.16. The van der Waals surface area contributed by atoms with Crippen LogP contribution in [0.5, 0.6) is 0 Å². The first-order chi connectivity index (χ1) is 4.97. The van der Waals surface area contributed by atoms with E-state index < -0.39 is 0 Å². The molecule has 2 nitrogen and oxygen atoms in total. The van der Waals surface area contributed by atoms with Gasteiger partial charge in [0.2, 0.25) is 0 Å². The molecule has 1 N–H and O–H groups in total. The Morgan fingerprint density at radius 3 is 3.30 bits per heavy atom. The molecule has 50 valence electrons. The van der Waals surface area contributed by atoms with Crippen LogP contribution in [0.1, 0.15) is 0 Å². The van der Waals surface area contributed by atoms with Gasteiger partial charge in [0.25, 0.3) is 0 Å². The second-order valence-electron chi connectivity index (χ2n) is 2.10. The van der Waals surface area contributed by atoms with Crippen LogP contribution in [0.15, 0.2) is 48.2 Å². The molecule has 0 amide bonds. The number of dihydropyridines is 1. The number of hydrogen-bond donors (Lipinski definition) is 1. The zero-order chi connectivity index (χ0) is 6.81. The lowest BCUT2D eigenvalue weighted by molar-refractivity contribution is 0.390. The smallest absolute Gasteiger partial charge is 0.114 e. The summed E-state index contributed by atoms with van der Waals surface area (Å²) < 4.78 is 4.96. The molecule has 0 unspecified atom stereocenters. The number of ether oxygens (including phenoxy) is 1. The topological polar surface area (TPSA) is 21.3 Å². The second kappa shape index (κ2) is 2.06. The Morgan fingerprint density at radius 1 is 1.40 bits per heavy atom. The van der Waals surface area contributed by atoms with Crippen molar-refractivity contribution in [2.24, 2.45) is 0 Å². The van der Waals surface area contributed by atoms with Crippen LogP contribution in [0.3, 0.4) is 0 Å². The van der Waals surface area contributed by atoms with Gasteiger partial charge in [-0.15, -0.1) is 0 Å². The van der Waals surface area contributed by atoms with Crippen molar-refractivity contribution in [1.29, 1.82) is 0 Å². The Hall–Kier alpha value is -1.44. The summed E-state index contributed by atoms with van der Waals surface area (Å²) in [6.07, 6.45) is 11.1. The average Bonchev–Trinajstić information content (AvgIpc) is 2.05. The Labute approximate surface area is 59.2 Å². The normalized spacial score (nSPS) is 20.0. The second-order valence-corrected chi connectivity index (χ2v) is 2.10. The first-order valence-corrected chi connectivity index (χ1v) is 3.13. The van der Waals surface area contributed by atoms with E-state index in [0.717, 1.165) is 11.3 Å². The van der Waals surface area contributed by atoms with Crippen molar-refractivity contribution in [3.63, 3.8) is 0 Å². The van der Waals surface area contributed by atoms with Gasteiger partial charge in [-0.2, -0.15) is 0 Å². The SMILES string of the molecule is C1=CNC2=COC=CC2=C1. The molecule has 0 aromatic rings. The maximum absolute atomic E-state index is 4.96. The van der Waals surface area contributed by atoms with Crippen molar-refractivity contribution >= 4 is 0 Å². The lowest BCUT2D eigenvalue weighted by Crippen LogP contribution is -2.11. The molecule has 2 heteroatoms. The van der Waals surface area contributed by atoms with E-state index in [2.05, 4.69) is 5.32 Å². The third-order valence-electron chi connectivity index (χ3n) is 1.43. The largest absolute Gasteiger partial charge is 0.470 e. The molecule has 0 fully saturated rings. The van der Waals surface area contributed by atoms with Crippen molar-refractivity contribution in [1.82, 2.24) is 5.32 Å². The minimum atomic E-state index is 1.02. The average molecular weight is 133 g/mol. The molecule has 2 aliphatic rings. The summed E-state index contributed by atoms with van der Waals surface area (Å²) in [4.78, 5) is 0. The van der Waals surface area contributed by atoms with Crippen LogP contribution in [-0.4, -0.2) is 0 Å². The molecule has 0 aliphatic carbocycles. The number of rotatable bonds is 0. The fourth-order valence-corrected chi connectivity index (χ4v) is 0.930. The van der Waals surface area contributed by atoms with Gasteiger partial charge in [-0.1, -0.05) is 6.08 Å². The van der Waals surface area contributed by atoms with Crippen LogP contribution in [0.25, 0.3) is 0 Å². The Balaban J connectivity index is 2.39. The monoisotopic (exact) mass is 133 g/mol. The van der Waals surface area contributed by atoms with Gasteiger partial charge in [-0.05, 0) is 12.2 Å². The van der Waals surface area contributed by atoms with E-state index in [4.69, 9.17) is 4.74 Å². The molecule has 0 spiro atoms. The Kier molecular flexibility index (Phi) is 1.10. The van der Waals surface area contributed by atoms with Crippen molar-refractivity contribution < 1.29 is 4.74 Å². The molecular weight excluding hydrogens is 126 g/mol. The molecule has 0 bridgehead atoms. The predicted octanol–water partition coefficient (Wildman–Crippen LogP) is 1.41. The van der Waals surface area contributed by atoms with Gasteiger partial charge in [-0.25, -0.2) is 0 Å². The lowest BCUT2D eigenvalue weighted by Gasteiger charge is -2.13. The van der Waals surface area contributed by atoms with Crippen LogP contribution in [0.2, 0.25) is 0 Å². The summed E-state index contributed by atoms with van der Waals surface area (Å²) in [7, 11) is 0. The molecule has 0 aromatic heterocycles. The summed E-state index contributed by atoms with van der Waals surface area (Å²) >= 11 is 0. The number of allylic oxidation sites excluding steroid dienone is 3. The van der Waals surface area contributed by atoms with Gasteiger partial charge >= 0.3 is 0 Å². The fourth-order valence-electron chi connectivity index (χ4n) is 0.930. The molecule has 0 saturated heterocycles. The standard InChI is InChI=1S/C8H7NO/c1-2-7-3-5-10-6-8(7)9-4-1/h1-6,9H. The van der Waals surface area contributed by atoms with E-state index in [1.165, 1.54) is 0 Å². The van der Waals surface area contributed by atoms with Gasteiger partial charge in [-0.3, -0.25) is 0 Å². The predicted molar refractivity (Wildman–Crippen MR) is 38.7 cm³/mol. The zero-order valence-corrected chi connectivity index (χ0v) is 5.37. The van der Waals surface area contributed by atoms with Crippen molar-refractivity contribution in [2.75, 3.05) is 0 Å². The van der Waals surface area contributed by atoms with E-state index in [-0.39, 0.29) is 0 Å². The number of hydrogen-bond acceptors (Lipinski definition) is 2. The van der Waals surface area contributed by atoms with E-state index >= 15 is 0 Å². The van der Waals surface area contributed by atoms with E-state index in [1.54, 1.807) is 12.5 Å². The van der Waals surface area contributed by atoms with Crippen LogP contribution in [-0.2, 0) is 4.74 Å². The van der Waals surface area contributed by atoms with Gasteiger partial charge in [0.1, 0.15) is 6.26 Å². The lowest BCUT2D eigenvalue weighted by atomic mass is 10.1. The van der Waals surface area contributed by atoms with Crippen LogP contribution >= 0.6 is 0 Å². The number of nitrogens with one attached hydrogen (secondary N) is 1. The maximum atomic E-state index is 4.96. The summed E-state index contributed by atoms with van der Waals surface area (Å²) in [5.74, 6) is 0. The summed E-state index contributed by atoms with van der Waals surface area (Å²) in [6.45, 7) is 0.